The molecule has 0 spiro atoms. The van der Waals surface area contributed by atoms with Crippen molar-refractivity contribution >= 4 is 5.78 Å². The number of hydrogen-bond donors (Lipinski definition) is 0. The molecule has 0 aliphatic rings. The molecule has 0 amide bonds. The average molecular weight is 214 g/mol. The molecule has 0 aliphatic heterocycles. The fourth-order valence-corrected chi connectivity index (χ4v) is 1.11. The number of carbonyl (C=O) groups is 1. The van der Waals surface area contributed by atoms with Crippen LogP contribution in [0.4, 0.5) is 13.2 Å². The molecule has 0 saturated carbocycles. The molecule has 1 aromatic carbocycles. The number of rotatable bonds is 4. The van der Waals surface area contributed by atoms with Crippen molar-refractivity contribution < 1.29 is 18.0 Å². The normalized spacial score (nSPS) is 10.1. The van der Waals surface area contributed by atoms with E-state index in [4.69, 9.17) is 0 Å². The van der Waals surface area contributed by atoms with Crippen molar-refractivity contribution in [1.82, 2.24) is 0 Å². The molecule has 80 valence electrons. The minimum Gasteiger partial charge on any atom is -0.294 e. The predicted octanol–water partition coefficient (Wildman–Crippen LogP) is 3.25. The van der Waals surface area contributed by atoms with Crippen molar-refractivity contribution in [2.45, 2.75) is 12.8 Å². The van der Waals surface area contributed by atoms with E-state index in [-0.39, 0.29) is 6.42 Å². The maximum Gasteiger partial charge on any atom is 0.195 e. The van der Waals surface area contributed by atoms with Gasteiger partial charge in [0.05, 0.1) is 5.56 Å². The summed E-state index contributed by atoms with van der Waals surface area (Å²) in [7, 11) is 0. The smallest absolute Gasteiger partial charge is 0.195 e. The lowest BCUT2D eigenvalue weighted by molar-refractivity contribution is 0.0978. The van der Waals surface area contributed by atoms with Gasteiger partial charge in [0.1, 0.15) is 0 Å². The number of hydrogen-bond acceptors (Lipinski definition) is 1. The summed E-state index contributed by atoms with van der Waals surface area (Å²) in [5, 5.41) is 0. The highest BCUT2D eigenvalue weighted by molar-refractivity contribution is 5.96. The van der Waals surface area contributed by atoms with Gasteiger partial charge in [0.2, 0.25) is 0 Å². The zero-order valence-corrected chi connectivity index (χ0v) is 7.90. The number of Topliss-reactive ketones (excluding diaryl/α,β-unsaturated/α-hetero) is 1. The van der Waals surface area contributed by atoms with Crippen LogP contribution in [0.15, 0.2) is 24.8 Å². The summed E-state index contributed by atoms with van der Waals surface area (Å²) in [6.45, 7) is 3.40. The van der Waals surface area contributed by atoms with E-state index in [0.29, 0.717) is 6.42 Å². The second-order valence-electron chi connectivity index (χ2n) is 2.97. The van der Waals surface area contributed by atoms with Gasteiger partial charge < -0.3 is 0 Å². The predicted molar refractivity (Wildman–Crippen MR) is 50.1 cm³/mol. The van der Waals surface area contributed by atoms with Crippen LogP contribution in [0, 0.1) is 17.5 Å². The summed E-state index contributed by atoms with van der Waals surface area (Å²) in [4.78, 5) is 11.3. The molecule has 1 rings (SSSR count). The van der Waals surface area contributed by atoms with Gasteiger partial charge in [0, 0.05) is 6.42 Å². The third-order valence-corrected chi connectivity index (χ3v) is 1.91. The molecule has 0 saturated heterocycles. The lowest BCUT2D eigenvalue weighted by Gasteiger charge is -2.02. The molecule has 0 heterocycles. The molecule has 0 aromatic heterocycles. The third-order valence-electron chi connectivity index (χ3n) is 1.91. The summed E-state index contributed by atoms with van der Waals surface area (Å²) < 4.78 is 38.4. The van der Waals surface area contributed by atoms with E-state index in [1.54, 1.807) is 0 Å². The Hall–Kier alpha value is -1.58. The summed E-state index contributed by atoms with van der Waals surface area (Å²) in [6, 6.07) is 1.68. The van der Waals surface area contributed by atoms with Crippen LogP contribution in [0.25, 0.3) is 0 Å². The highest BCUT2D eigenvalue weighted by atomic mass is 19.2. The molecule has 1 nitrogen and oxygen atoms in total. The maximum atomic E-state index is 13.1. The van der Waals surface area contributed by atoms with Gasteiger partial charge in [0.25, 0.3) is 0 Å². The zero-order chi connectivity index (χ0) is 11.4. The van der Waals surface area contributed by atoms with Crippen molar-refractivity contribution in [2.24, 2.45) is 0 Å². The van der Waals surface area contributed by atoms with Crippen LogP contribution in [0.3, 0.4) is 0 Å². The van der Waals surface area contributed by atoms with Gasteiger partial charge in [-0.25, -0.2) is 13.2 Å². The fourth-order valence-electron chi connectivity index (χ4n) is 1.11. The van der Waals surface area contributed by atoms with E-state index in [0.717, 1.165) is 12.1 Å². The summed E-state index contributed by atoms with van der Waals surface area (Å²) >= 11 is 0. The van der Waals surface area contributed by atoms with E-state index in [9.17, 15) is 18.0 Å². The molecule has 15 heavy (non-hydrogen) atoms. The molecular formula is C11H9F3O. The number of allylic oxidation sites excluding steroid dienone is 1. The van der Waals surface area contributed by atoms with Gasteiger partial charge in [-0.2, -0.15) is 0 Å². The Morgan fingerprint density at radius 2 is 1.93 bits per heavy atom. The highest BCUT2D eigenvalue weighted by Crippen LogP contribution is 2.17. The monoisotopic (exact) mass is 214 g/mol. The molecule has 0 unspecified atom stereocenters. The minimum atomic E-state index is -1.61. The van der Waals surface area contributed by atoms with Gasteiger partial charge in [0.15, 0.2) is 23.2 Å². The Bertz CT molecular complexity index is 399. The fraction of sp³-hybridized carbons (Fsp3) is 0.182. The lowest BCUT2D eigenvalue weighted by atomic mass is 10.1. The highest BCUT2D eigenvalue weighted by Gasteiger charge is 2.17. The molecule has 0 atom stereocenters. The Balaban J connectivity index is 3.00. The number of carbonyl (C=O) groups excluding carboxylic acids is 1. The van der Waals surface area contributed by atoms with E-state index in [1.165, 1.54) is 6.08 Å². The number of halogens is 3. The van der Waals surface area contributed by atoms with Crippen molar-refractivity contribution in [2.75, 3.05) is 0 Å². The van der Waals surface area contributed by atoms with Crippen LogP contribution in [0.1, 0.15) is 23.2 Å². The molecule has 0 N–H and O–H groups in total. The summed E-state index contributed by atoms with van der Waals surface area (Å²) in [5.74, 6) is -4.90. The van der Waals surface area contributed by atoms with Crippen LogP contribution in [0.2, 0.25) is 0 Å². The molecule has 4 heteroatoms. The van der Waals surface area contributed by atoms with E-state index in [2.05, 4.69) is 6.58 Å². The third kappa shape index (κ3) is 2.46. The van der Waals surface area contributed by atoms with Gasteiger partial charge in [-0.1, -0.05) is 6.08 Å². The standard InChI is InChI=1S/C11H9F3O/c1-2-3-4-9(15)7-5-6-8(12)11(14)10(7)13/h2,5-6H,1,3-4H2. The largest absolute Gasteiger partial charge is 0.294 e. The number of benzene rings is 1. The first-order chi connectivity index (χ1) is 7.07. The van der Waals surface area contributed by atoms with Crippen LogP contribution in [-0.2, 0) is 0 Å². The number of ketones is 1. The van der Waals surface area contributed by atoms with Crippen molar-refractivity contribution in [3.05, 3.63) is 47.8 Å². The quantitative estimate of drug-likeness (QED) is 0.427. The van der Waals surface area contributed by atoms with Gasteiger partial charge in [-0.15, -0.1) is 6.58 Å². The molecule has 1 aromatic rings. The molecule has 0 radical (unpaired) electrons. The Morgan fingerprint density at radius 3 is 2.53 bits per heavy atom. The second-order valence-corrected chi connectivity index (χ2v) is 2.97. The van der Waals surface area contributed by atoms with Gasteiger partial charge in [-0.3, -0.25) is 4.79 Å². The first-order valence-corrected chi connectivity index (χ1v) is 4.35. The second kappa shape index (κ2) is 4.77. The van der Waals surface area contributed by atoms with Gasteiger partial charge in [-0.05, 0) is 18.6 Å². The molecule has 0 fully saturated rings. The average Bonchev–Trinajstić information content (AvgIpc) is 2.23. The molecule has 0 bridgehead atoms. The Morgan fingerprint density at radius 1 is 1.27 bits per heavy atom. The first-order valence-electron chi connectivity index (χ1n) is 4.35. The van der Waals surface area contributed by atoms with Crippen molar-refractivity contribution in [3.8, 4) is 0 Å². The topological polar surface area (TPSA) is 17.1 Å². The minimum absolute atomic E-state index is 0.0332. The molecular weight excluding hydrogens is 205 g/mol. The van der Waals surface area contributed by atoms with Crippen molar-refractivity contribution in [1.29, 1.82) is 0 Å². The maximum absolute atomic E-state index is 13.1. The zero-order valence-electron chi connectivity index (χ0n) is 7.90. The van der Waals surface area contributed by atoms with Gasteiger partial charge >= 0.3 is 0 Å². The van der Waals surface area contributed by atoms with Crippen molar-refractivity contribution in [3.63, 3.8) is 0 Å². The van der Waals surface area contributed by atoms with Crippen LogP contribution in [0.5, 0.6) is 0 Å². The van der Waals surface area contributed by atoms with E-state index < -0.39 is 28.8 Å². The Kier molecular flexibility index (Phi) is 3.66. The Labute approximate surface area is 85.2 Å². The van der Waals surface area contributed by atoms with Crippen LogP contribution < -0.4 is 0 Å². The van der Waals surface area contributed by atoms with E-state index in [1.807, 2.05) is 0 Å². The van der Waals surface area contributed by atoms with Crippen LogP contribution in [-0.4, -0.2) is 5.78 Å². The summed E-state index contributed by atoms with van der Waals surface area (Å²) in [5.41, 5.74) is -0.421. The summed E-state index contributed by atoms with van der Waals surface area (Å²) in [6.07, 6.45) is 1.90. The lowest BCUT2D eigenvalue weighted by Crippen LogP contribution is -2.05. The van der Waals surface area contributed by atoms with Crippen LogP contribution >= 0.6 is 0 Å². The molecule has 0 aliphatic carbocycles. The van der Waals surface area contributed by atoms with E-state index >= 15 is 0 Å². The SMILES string of the molecule is C=CCCC(=O)c1ccc(F)c(F)c1F. The first kappa shape index (κ1) is 11.5.